The van der Waals surface area contributed by atoms with Crippen LogP contribution < -0.4 is 34.7 Å². The van der Waals surface area contributed by atoms with E-state index in [1.165, 1.54) is 0 Å². The minimum atomic E-state index is -0.915. The maximum atomic E-state index is 10.5. The fourth-order valence-electron chi connectivity index (χ4n) is 1.69. The van der Waals surface area contributed by atoms with Crippen molar-refractivity contribution in [2.24, 2.45) is 5.92 Å². The van der Waals surface area contributed by atoms with Crippen LogP contribution in [0.2, 0.25) is 0 Å². The third-order valence-corrected chi connectivity index (χ3v) is 2.55. The number of carboxylic acids is 1. The molecule has 0 aliphatic carbocycles. The average molecular weight is 209 g/mol. The predicted molar refractivity (Wildman–Crippen MR) is 45.9 cm³/mol. The van der Waals surface area contributed by atoms with Crippen molar-refractivity contribution in [2.45, 2.75) is 19.3 Å². The van der Waals surface area contributed by atoms with Crippen molar-refractivity contribution in [3.63, 3.8) is 0 Å². The molecule has 0 saturated carbocycles. The van der Waals surface area contributed by atoms with Gasteiger partial charge in [0.2, 0.25) is 0 Å². The number of hydrogen-bond acceptors (Lipinski definition) is 4. The van der Waals surface area contributed by atoms with Crippen LogP contribution in [0.25, 0.3) is 0 Å². The molecule has 0 aromatic heterocycles. The zero-order valence-electron chi connectivity index (χ0n) is 8.74. The van der Waals surface area contributed by atoms with Gasteiger partial charge in [-0.3, -0.25) is 0 Å². The van der Waals surface area contributed by atoms with Crippen molar-refractivity contribution in [1.29, 1.82) is 0 Å². The largest absolute Gasteiger partial charge is 1.00 e. The summed E-state index contributed by atoms with van der Waals surface area (Å²) in [6.07, 6.45) is 2.15. The van der Waals surface area contributed by atoms with Crippen LogP contribution in [-0.2, 0) is 4.79 Å². The smallest absolute Gasteiger partial charge is 0.550 e. The van der Waals surface area contributed by atoms with Gasteiger partial charge in [0, 0.05) is 25.0 Å². The summed E-state index contributed by atoms with van der Waals surface area (Å²) in [5.41, 5.74) is 0. The molecule has 14 heavy (non-hydrogen) atoms. The van der Waals surface area contributed by atoms with Crippen molar-refractivity contribution in [2.75, 3.05) is 26.2 Å². The summed E-state index contributed by atoms with van der Waals surface area (Å²) < 4.78 is 0. The molecule has 0 aromatic carbocycles. The third kappa shape index (κ3) is 4.75. The van der Waals surface area contributed by atoms with Crippen LogP contribution in [0.5, 0.6) is 0 Å². The molecule has 1 N–H and O–H groups in total. The molecule has 1 rings (SSSR count). The molecule has 5 heteroatoms. The normalized spacial score (nSPS) is 18.9. The molecule has 0 spiro atoms. The molecule has 1 heterocycles. The molecule has 1 aliphatic rings. The van der Waals surface area contributed by atoms with Gasteiger partial charge in [-0.15, -0.1) is 0 Å². The SMILES string of the molecule is O=C([O-])C1CCN(CCCO)CC1.[Na+]. The first-order chi connectivity index (χ1) is 6.24. The second-order valence-electron chi connectivity index (χ2n) is 3.51. The molecule has 1 fully saturated rings. The van der Waals surface area contributed by atoms with Gasteiger partial charge < -0.3 is 19.9 Å². The van der Waals surface area contributed by atoms with Crippen LogP contribution in [0, 0.1) is 5.92 Å². The van der Waals surface area contributed by atoms with Crippen molar-refractivity contribution in [3.8, 4) is 0 Å². The number of carbonyl (C=O) groups is 1. The number of carbonyl (C=O) groups excluding carboxylic acids is 1. The van der Waals surface area contributed by atoms with E-state index in [4.69, 9.17) is 5.11 Å². The Bertz CT molecular complexity index is 169. The summed E-state index contributed by atoms with van der Waals surface area (Å²) in [7, 11) is 0. The summed E-state index contributed by atoms with van der Waals surface area (Å²) >= 11 is 0. The quantitative estimate of drug-likeness (QED) is 0.477. The second-order valence-corrected chi connectivity index (χ2v) is 3.51. The second kappa shape index (κ2) is 7.65. The number of nitrogens with zero attached hydrogens (tertiary/aromatic N) is 1. The number of rotatable bonds is 4. The van der Waals surface area contributed by atoms with Gasteiger partial charge in [-0.1, -0.05) is 0 Å². The van der Waals surface area contributed by atoms with E-state index < -0.39 is 5.97 Å². The summed E-state index contributed by atoms with van der Waals surface area (Å²) in [6.45, 7) is 2.72. The number of aliphatic hydroxyl groups excluding tert-OH is 1. The van der Waals surface area contributed by atoms with Crippen molar-refractivity contribution in [3.05, 3.63) is 0 Å². The Labute approximate surface area is 107 Å². The van der Waals surface area contributed by atoms with E-state index in [-0.39, 0.29) is 42.1 Å². The monoisotopic (exact) mass is 209 g/mol. The average Bonchev–Trinajstić information content (AvgIpc) is 2.15. The van der Waals surface area contributed by atoms with Crippen LogP contribution in [0.1, 0.15) is 19.3 Å². The molecular weight excluding hydrogens is 193 g/mol. The molecule has 4 nitrogen and oxygen atoms in total. The topological polar surface area (TPSA) is 63.6 Å². The van der Waals surface area contributed by atoms with Crippen LogP contribution in [0.4, 0.5) is 0 Å². The molecule has 76 valence electrons. The Morgan fingerprint density at radius 2 is 2.00 bits per heavy atom. The van der Waals surface area contributed by atoms with E-state index in [2.05, 4.69) is 4.90 Å². The van der Waals surface area contributed by atoms with Crippen molar-refractivity contribution >= 4 is 5.97 Å². The summed E-state index contributed by atoms with van der Waals surface area (Å²) in [5.74, 6) is -1.17. The molecule has 0 unspecified atom stereocenters. The Morgan fingerprint density at radius 3 is 2.43 bits per heavy atom. The predicted octanol–water partition coefficient (Wildman–Crippen LogP) is -4.17. The minimum Gasteiger partial charge on any atom is -0.550 e. The maximum absolute atomic E-state index is 10.5. The van der Waals surface area contributed by atoms with E-state index in [0.29, 0.717) is 12.8 Å². The Kier molecular flexibility index (Phi) is 7.86. The first kappa shape index (κ1) is 14.4. The van der Waals surface area contributed by atoms with E-state index in [1.807, 2.05) is 0 Å². The van der Waals surface area contributed by atoms with E-state index in [1.54, 1.807) is 0 Å². The van der Waals surface area contributed by atoms with Gasteiger partial charge >= 0.3 is 29.6 Å². The Balaban J connectivity index is 0.00000169. The van der Waals surface area contributed by atoms with Crippen LogP contribution in [0.3, 0.4) is 0 Å². The number of piperidine rings is 1. The molecule has 1 aliphatic heterocycles. The van der Waals surface area contributed by atoms with Gasteiger partial charge in [0.15, 0.2) is 0 Å². The van der Waals surface area contributed by atoms with E-state index in [0.717, 1.165) is 26.1 Å². The number of aliphatic carboxylic acids is 1. The van der Waals surface area contributed by atoms with Crippen LogP contribution in [0.15, 0.2) is 0 Å². The number of carboxylic acid groups (broad SMARTS) is 1. The Hall–Kier alpha value is 0.390. The molecule has 0 radical (unpaired) electrons. The fourth-order valence-corrected chi connectivity index (χ4v) is 1.69. The van der Waals surface area contributed by atoms with Gasteiger partial charge in [-0.05, 0) is 32.4 Å². The zero-order chi connectivity index (χ0) is 9.68. The summed E-state index contributed by atoms with van der Waals surface area (Å²) in [6, 6.07) is 0. The van der Waals surface area contributed by atoms with Gasteiger partial charge in [0.25, 0.3) is 0 Å². The minimum absolute atomic E-state index is 0. The standard InChI is InChI=1S/C9H17NO3.Na/c11-7-1-4-10-5-2-8(3-6-10)9(12)13;/h8,11H,1-7H2,(H,12,13);/q;+1/p-1. The van der Waals surface area contributed by atoms with Gasteiger partial charge in [0.1, 0.15) is 0 Å². The molecule has 0 amide bonds. The Morgan fingerprint density at radius 1 is 1.43 bits per heavy atom. The summed E-state index contributed by atoms with van der Waals surface area (Å²) in [5, 5.41) is 19.1. The third-order valence-electron chi connectivity index (χ3n) is 2.55. The number of aliphatic hydroxyl groups is 1. The molecular formula is C9H16NNaO3. The van der Waals surface area contributed by atoms with E-state index >= 15 is 0 Å². The van der Waals surface area contributed by atoms with Crippen LogP contribution >= 0.6 is 0 Å². The molecule has 1 saturated heterocycles. The van der Waals surface area contributed by atoms with Crippen LogP contribution in [-0.4, -0.2) is 42.2 Å². The van der Waals surface area contributed by atoms with E-state index in [9.17, 15) is 9.90 Å². The first-order valence-corrected chi connectivity index (χ1v) is 4.78. The summed E-state index contributed by atoms with van der Waals surface area (Å²) in [4.78, 5) is 12.7. The first-order valence-electron chi connectivity index (χ1n) is 4.78. The zero-order valence-corrected chi connectivity index (χ0v) is 10.7. The molecule has 0 atom stereocenters. The fraction of sp³-hybridized carbons (Fsp3) is 0.889. The van der Waals surface area contributed by atoms with Crippen molar-refractivity contribution in [1.82, 2.24) is 4.90 Å². The number of hydrogen-bond donors (Lipinski definition) is 1. The van der Waals surface area contributed by atoms with Gasteiger partial charge in [0.05, 0.1) is 0 Å². The maximum Gasteiger partial charge on any atom is 1.00 e. The van der Waals surface area contributed by atoms with Gasteiger partial charge in [-0.2, -0.15) is 0 Å². The molecule has 0 bridgehead atoms. The number of likely N-dealkylation sites (tertiary alicyclic amines) is 1. The molecule has 0 aromatic rings. The van der Waals surface area contributed by atoms with Crippen molar-refractivity contribution < 1.29 is 44.6 Å². The van der Waals surface area contributed by atoms with Gasteiger partial charge in [-0.25, -0.2) is 0 Å².